The van der Waals surface area contributed by atoms with Gasteiger partial charge in [0.15, 0.2) is 11.5 Å². The number of carbonyl (C=O) groups is 2. The van der Waals surface area contributed by atoms with E-state index in [-0.39, 0.29) is 30.5 Å². The second kappa shape index (κ2) is 8.99. The molecule has 0 fully saturated rings. The van der Waals surface area contributed by atoms with Crippen LogP contribution in [0.1, 0.15) is 22.8 Å². The molecule has 1 atom stereocenters. The third-order valence-corrected chi connectivity index (χ3v) is 7.04. The fraction of sp³-hybridized carbons (Fsp3) is 0.292. The van der Waals surface area contributed by atoms with Gasteiger partial charge in [0.05, 0.1) is 31.9 Å². The van der Waals surface area contributed by atoms with Gasteiger partial charge in [-0.05, 0) is 29.8 Å². The minimum atomic E-state index is -0.599. The molecular weight excluding hydrogens is 476 g/mol. The fourth-order valence-corrected chi connectivity index (χ4v) is 5.42. The van der Waals surface area contributed by atoms with Crippen LogP contribution in [0.5, 0.6) is 23.0 Å². The molecule has 0 saturated carbocycles. The Labute approximate surface area is 204 Å². The van der Waals surface area contributed by atoms with E-state index in [1.165, 1.54) is 30.8 Å². The van der Waals surface area contributed by atoms with Crippen LogP contribution in [-0.4, -0.2) is 44.6 Å². The summed E-state index contributed by atoms with van der Waals surface area (Å²) in [5.41, 5.74) is 1.26. The summed E-state index contributed by atoms with van der Waals surface area (Å²) in [5.74, 6) is 1.05. The maximum atomic E-state index is 13.6. The second-order valence-electron chi connectivity index (χ2n) is 7.86. The summed E-state index contributed by atoms with van der Waals surface area (Å²) >= 11 is 0.991. The number of benzene rings is 2. The molecule has 0 unspecified atom stereocenters. The summed E-state index contributed by atoms with van der Waals surface area (Å²) in [5, 5.41) is 0. The van der Waals surface area contributed by atoms with E-state index in [2.05, 4.69) is 0 Å². The molecular formula is C24H22N2O8S. The molecule has 3 aromatic rings. The molecule has 0 aliphatic carbocycles. The number of methoxy groups -OCH3 is 3. The first-order valence-corrected chi connectivity index (χ1v) is 11.5. The molecule has 2 aliphatic rings. The van der Waals surface area contributed by atoms with Gasteiger partial charge >= 0.3 is 10.8 Å². The Hall–Kier alpha value is -3.99. The van der Waals surface area contributed by atoms with E-state index >= 15 is 0 Å². The van der Waals surface area contributed by atoms with Crippen LogP contribution in [0, 0.1) is 0 Å². The number of hydrogen-bond donors (Lipinski definition) is 0. The van der Waals surface area contributed by atoms with Crippen molar-refractivity contribution in [2.75, 3.05) is 33.0 Å². The average Bonchev–Trinajstić information content (AvgIpc) is 3.47. The van der Waals surface area contributed by atoms with Gasteiger partial charge in [0.1, 0.15) is 18.1 Å². The number of esters is 1. The summed E-state index contributed by atoms with van der Waals surface area (Å²) in [6.45, 7) is -0.261. The SMILES string of the molecule is COC(=O)Cn1c2c(sc1=O)[C@@H](c1cc(OC)c3c(c1)OCO3)CC(=O)N2c1cccc(OC)c1. The molecule has 10 nitrogen and oxygen atoms in total. The summed E-state index contributed by atoms with van der Waals surface area (Å²) in [6, 6.07) is 10.5. The number of aromatic nitrogens is 1. The van der Waals surface area contributed by atoms with Crippen LogP contribution in [-0.2, 0) is 20.9 Å². The minimum absolute atomic E-state index is 0.0659. The topological polar surface area (TPSA) is 106 Å². The van der Waals surface area contributed by atoms with Crippen LogP contribution in [0.25, 0.3) is 0 Å². The lowest BCUT2D eigenvalue weighted by Crippen LogP contribution is -2.36. The van der Waals surface area contributed by atoms with Crippen molar-refractivity contribution in [3.63, 3.8) is 0 Å². The number of thiazole rings is 1. The Morgan fingerprint density at radius 2 is 1.94 bits per heavy atom. The van der Waals surface area contributed by atoms with E-state index in [9.17, 15) is 14.4 Å². The second-order valence-corrected chi connectivity index (χ2v) is 8.86. The number of carbonyl (C=O) groups excluding carboxylic acids is 2. The van der Waals surface area contributed by atoms with Crippen LogP contribution in [0.15, 0.2) is 41.2 Å². The van der Waals surface area contributed by atoms with Gasteiger partial charge in [-0.1, -0.05) is 17.4 Å². The molecule has 0 saturated heterocycles. The first-order valence-electron chi connectivity index (χ1n) is 10.7. The van der Waals surface area contributed by atoms with Crippen LogP contribution in [0.3, 0.4) is 0 Å². The maximum absolute atomic E-state index is 13.6. The standard InChI is InChI=1S/C24H22N2O8S/c1-30-15-6-4-5-14(9-15)26-19(27)10-16(13-7-17(31-2)21-18(8-13)33-12-34-21)22-23(26)25(24(29)35-22)11-20(28)32-3/h4-9,16H,10-12H2,1-3H3/t16-/m1/s1. The van der Waals surface area contributed by atoms with Gasteiger partial charge in [-0.25, -0.2) is 0 Å². The molecule has 0 radical (unpaired) electrons. The zero-order chi connectivity index (χ0) is 24.7. The zero-order valence-electron chi connectivity index (χ0n) is 19.2. The lowest BCUT2D eigenvalue weighted by Gasteiger charge is -2.32. The van der Waals surface area contributed by atoms with Crippen molar-refractivity contribution in [2.45, 2.75) is 18.9 Å². The number of amides is 1. The molecule has 182 valence electrons. The van der Waals surface area contributed by atoms with Gasteiger partial charge in [-0.15, -0.1) is 0 Å². The Balaban J connectivity index is 1.70. The largest absolute Gasteiger partial charge is 0.497 e. The molecule has 0 N–H and O–H groups in total. The van der Waals surface area contributed by atoms with Gasteiger partial charge < -0.3 is 23.7 Å². The van der Waals surface area contributed by atoms with Crippen molar-refractivity contribution in [2.24, 2.45) is 0 Å². The van der Waals surface area contributed by atoms with Gasteiger partial charge in [0, 0.05) is 18.4 Å². The molecule has 2 aliphatic heterocycles. The molecule has 0 spiro atoms. The summed E-state index contributed by atoms with van der Waals surface area (Å²) in [6.07, 6.45) is 0.0885. The van der Waals surface area contributed by atoms with Crippen LogP contribution >= 0.6 is 11.3 Å². The van der Waals surface area contributed by atoms with E-state index < -0.39 is 11.9 Å². The highest BCUT2D eigenvalue weighted by Gasteiger charge is 2.39. The van der Waals surface area contributed by atoms with E-state index in [1.54, 1.807) is 36.4 Å². The van der Waals surface area contributed by atoms with Crippen LogP contribution in [0.2, 0.25) is 0 Å². The van der Waals surface area contributed by atoms with Gasteiger partial charge in [-0.3, -0.25) is 23.9 Å². The van der Waals surface area contributed by atoms with Gasteiger partial charge in [0.2, 0.25) is 18.4 Å². The lowest BCUT2D eigenvalue weighted by molar-refractivity contribution is -0.141. The quantitative estimate of drug-likeness (QED) is 0.478. The number of hydrogen-bond acceptors (Lipinski definition) is 9. The Kier molecular flexibility index (Phi) is 5.85. The first-order chi connectivity index (χ1) is 16.9. The summed E-state index contributed by atoms with van der Waals surface area (Å²) in [7, 11) is 4.30. The molecule has 35 heavy (non-hydrogen) atoms. The van der Waals surface area contributed by atoms with Crippen molar-refractivity contribution in [1.29, 1.82) is 0 Å². The minimum Gasteiger partial charge on any atom is -0.497 e. The molecule has 0 bridgehead atoms. The van der Waals surface area contributed by atoms with E-state index in [1.807, 2.05) is 0 Å². The third kappa shape index (κ3) is 3.87. The van der Waals surface area contributed by atoms with Crippen molar-refractivity contribution in [3.05, 3.63) is 56.5 Å². The smallest absolute Gasteiger partial charge is 0.325 e. The molecule has 1 amide bonds. The number of rotatable bonds is 6. The summed E-state index contributed by atoms with van der Waals surface area (Å²) in [4.78, 5) is 40.6. The van der Waals surface area contributed by atoms with Gasteiger partial charge in [-0.2, -0.15) is 0 Å². The van der Waals surface area contributed by atoms with Crippen molar-refractivity contribution in [3.8, 4) is 23.0 Å². The number of fused-ring (bicyclic) bond motifs is 2. The van der Waals surface area contributed by atoms with Crippen molar-refractivity contribution in [1.82, 2.24) is 4.57 Å². The first kappa shape index (κ1) is 22.8. The predicted molar refractivity (Wildman–Crippen MR) is 126 cm³/mol. The van der Waals surface area contributed by atoms with E-state index in [4.69, 9.17) is 23.7 Å². The van der Waals surface area contributed by atoms with E-state index in [0.717, 1.165) is 16.9 Å². The number of nitrogens with zero attached hydrogens (tertiary/aromatic N) is 2. The normalized spacial score (nSPS) is 16.1. The maximum Gasteiger partial charge on any atom is 0.325 e. The Morgan fingerprint density at radius 3 is 2.69 bits per heavy atom. The molecule has 3 heterocycles. The Morgan fingerprint density at radius 1 is 1.11 bits per heavy atom. The highest BCUT2D eigenvalue weighted by Crippen LogP contribution is 2.49. The Bertz CT molecular complexity index is 1380. The van der Waals surface area contributed by atoms with Crippen LogP contribution in [0.4, 0.5) is 11.5 Å². The third-order valence-electron chi connectivity index (χ3n) is 5.96. The molecule has 1 aromatic heterocycles. The lowest BCUT2D eigenvalue weighted by atomic mass is 9.90. The van der Waals surface area contributed by atoms with Crippen LogP contribution < -0.4 is 28.7 Å². The number of ether oxygens (including phenoxy) is 5. The molecule has 11 heteroatoms. The van der Waals surface area contributed by atoms with Gasteiger partial charge in [0.25, 0.3) is 0 Å². The fourth-order valence-electron chi connectivity index (χ4n) is 4.32. The molecule has 5 rings (SSSR count). The average molecular weight is 499 g/mol. The molecule has 2 aromatic carbocycles. The highest BCUT2D eigenvalue weighted by atomic mass is 32.1. The predicted octanol–water partition coefficient (Wildman–Crippen LogP) is 3.03. The summed E-state index contributed by atoms with van der Waals surface area (Å²) < 4.78 is 27.9. The zero-order valence-corrected chi connectivity index (χ0v) is 20.0. The number of anilines is 2. The van der Waals surface area contributed by atoms with E-state index in [0.29, 0.717) is 39.4 Å². The van der Waals surface area contributed by atoms with Crippen molar-refractivity contribution >= 4 is 34.7 Å². The monoisotopic (exact) mass is 498 g/mol. The highest BCUT2D eigenvalue weighted by molar-refractivity contribution is 7.10. The van der Waals surface area contributed by atoms with Crippen molar-refractivity contribution < 1.29 is 33.3 Å².